The summed E-state index contributed by atoms with van der Waals surface area (Å²) < 4.78 is 1.10. The molecule has 98 valence electrons. The summed E-state index contributed by atoms with van der Waals surface area (Å²) in [6, 6.07) is 0. The van der Waals surface area contributed by atoms with Crippen molar-refractivity contribution in [2.75, 3.05) is 13.1 Å². The number of hydrogen-bond acceptors (Lipinski definition) is 5. The Balaban J connectivity index is 2.67. The summed E-state index contributed by atoms with van der Waals surface area (Å²) in [6.07, 6.45) is 2.15. The lowest BCUT2D eigenvalue weighted by molar-refractivity contribution is -0.385. The molecule has 0 aliphatic rings. The fourth-order valence-corrected chi connectivity index (χ4v) is 1.31. The van der Waals surface area contributed by atoms with E-state index in [-0.39, 0.29) is 18.8 Å². The molecule has 1 N–H and O–H groups in total. The van der Waals surface area contributed by atoms with Crippen LogP contribution in [0, 0.1) is 10.1 Å². The minimum absolute atomic E-state index is 0.218. The van der Waals surface area contributed by atoms with Gasteiger partial charge in [0.2, 0.25) is 5.91 Å². The lowest BCUT2D eigenvalue weighted by atomic mass is 10.4. The Morgan fingerprint density at radius 1 is 1.61 bits per heavy atom. The molecule has 1 aromatic heterocycles. The summed E-state index contributed by atoms with van der Waals surface area (Å²) in [5.41, 5.74) is -0.218. The maximum absolute atomic E-state index is 11.7. The maximum atomic E-state index is 11.7. The van der Waals surface area contributed by atoms with Crippen molar-refractivity contribution >= 4 is 17.6 Å². The van der Waals surface area contributed by atoms with Crippen LogP contribution >= 0.6 is 0 Å². The monoisotopic (exact) mass is 256 g/mol. The van der Waals surface area contributed by atoms with Crippen LogP contribution in [-0.4, -0.2) is 49.7 Å². The first kappa shape index (κ1) is 13.6. The molecular weight excluding hydrogens is 244 g/mol. The molecule has 0 aromatic carbocycles. The normalized spacial score (nSPS) is 10.1. The van der Waals surface area contributed by atoms with Crippen molar-refractivity contribution in [2.45, 2.75) is 13.5 Å². The third-order valence-electron chi connectivity index (χ3n) is 2.19. The van der Waals surface area contributed by atoms with Crippen LogP contribution in [0.5, 0.6) is 0 Å². The first-order chi connectivity index (χ1) is 8.43. The van der Waals surface area contributed by atoms with Crippen molar-refractivity contribution in [3.63, 3.8) is 0 Å². The lowest BCUT2D eigenvalue weighted by Gasteiger charge is -2.18. The fraction of sp³-hybridized carbons (Fsp3) is 0.444. The summed E-state index contributed by atoms with van der Waals surface area (Å²) in [5.74, 6) is -1.57. The first-order valence-electron chi connectivity index (χ1n) is 5.10. The molecule has 0 saturated heterocycles. The van der Waals surface area contributed by atoms with E-state index < -0.39 is 23.3 Å². The molecule has 1 aromatic rings. The number of aliphatic carboxylic acids is 1. The minimum atomic E-state index is -1.11. The molecule has 9 nitrogen and oxygen atoms in total. The largest absolute Gasteiger partial charge is 0.480 e. The highest BCUT2D eigenvalue weighted by atomic mass is 16.6. The number of likely N-dealkylation sites (N-methyl/N-ethyl adjacent to an activating group) is 1. The molecule has 0 aliphatic carbocycles. The Hall–Kier alpha value is -2.45. The third-order valence-corrected chi connectivity index (χ3v) is 2.19. The Morgan fingerprint density at radius 3 is 2.72 bits per heavy atom. The third kappa shape index (κ3) is 3.54. The standard InChI is InChI=1S/C9H12N4O5/c1-2-11(6-9(15)16)8(14)5-12-4-7(3-10-12)13(17)18/h3-4H,2,5-6H2,1H3,(H,15,16). The van der Waals surface area contributed by atoms with Gasteiger partial charge >= 0.3 is 11.7 Å². The highest BCUT2D eigenvalue weighted by Gasteiger charge is 2.17. The quantitative estimate of drug-likeness (QED) is 0.552. The molecular formula is C9H12N4O5. The van der Waals surface area contributed by atoms with Gasteiger partial charge in [0, 0.05) is 6.54 Å². The van der Waals surface area contributed by atoms with E-state index in [0.29, 0.717) is 0 Å². The molecule has 9 heteroatoms. The van der Waals surface area contributed by atoms with Crippen LogP contribution < -0.4 is 0 Å². The van der Waals surface area contributed by atoms with E-state index in [0.717, 1.165) is 22.0 Å². The second-order valence-corrected chi connectivity index (χ2v) is 3.45. The second-order valence-electron chi connectivity index (χ2n) is 3.45. The highest BCUT2D eigenvalue weighted by molar-refractivity contribution is 5.81. The molecule has 0 unspecified atom stereocenters. The molecule has 1 amide bonds. The van der Waals surface area contributed by atoms with E-state index in [4.69, 9.17) is 5.11 Å². The molecule has 0 spiro atoms. The topological polar surface area (TPSA) is 119 Å². The molecule has 0 atom stereocenters. The van der Waals surface area contributed by atoms with Crippen molar-refractivity contribution < 1.29 is 19.6 Å². The average Bonchev–Trinajstić information content (AvgIpc) is 2.74. The van der Waals surface area contributed by atoms with Gasteiger partial charge in [-0.25, -0.2) is 0 Å². The second kappa shape index (κ2) is 5.75. The number of nitro groups is 1. The van der Waals surface area contributed by atoms with Crippen molar-refractivity contribution in [1.29, 1.82) is 0 Å². The Bertz CT molecular complexity index is 469. The number of aromatic nitrogens is 2. The van der Waals surface area contributed by atoms with Gasteiger partial charge in [-0.2, -0.15) is 5.10 Å². The zero-order valence-electron chi connectivity index (χ0n) is 9.65. The smallest absolute Gasteiger partial charge is 0.323 e. The van der Waals surface area contributed by atoms with E-state index in [2.05, 4.69) is 5.10 Å². The van der Waals surface area contributed by atoms with E-state index in [9.17, 15) is 19.7 Å². The number of hydrogen-bond donors (Lipinski definition) is 1. The molecule has 0 saturated carbocycles. The van der Waals surface area contributed by atoms with E-state index in [1.807, 2.05) is 0 Å². The van der Waals surface area contributed by atoms with Crippen LogP contribution in [0.25, 0.3) is 0 Å². The zero-order valence-corrected chi connectivity index (χ0v) is 9.65. The molecule has 0 bridgehead atoms. The van der Waals surface area contributed by atoms with Crippen molar-refractivity contribution in [1.82, 2.24) is 14.7 Å². The van der Waals surface area contributed by atoms with E-state index >= 15 is 0 Å². The molecule has 1 rings (SSSR count). The number of rotatable bonds is 6. The van der Waals surface area contributed by atoms with Gasteiger partial charge in [0.05, 0.1) is 4.92 Å². The Labute approximate surface area is 102 Å². The molecule has 0 aliphatic heterocycles. The van der Waals surface area contributed by atoms with E-state index in [1.165, 1.54) is 0 Å². The average molecular weight is 256 g/mol. The van der Waals surface area contributed by atoms with Crippen molar-refractivity contribution in [3.05, 3.63) is 22.5 Å². The fourth-order valence-electron chi connectivity index (χ4n) is 1.31. The first-order valence-corrected chi connectivity index (χ1v) is 5.10. The lowest BCUT2D eigenvalue weighted by Crippen LogP contribution is -2.37. The van der Waals surface area contributed by atoms with Crippen LogP contribution in [-0.2, 0) is 16.1 Å². The number of carbonyl (C=O) groups is 2. The zero-order chi connectivity index (χ0) is 13.7. The van der Waals surface area contributed by atoms with E-state index in [1.54, 1.807) is 6.92 Å². The SMILES string of the molecule is CCN(CC(=O)O)C(=O)Cn1cc([N+](=O)[O-])cn1. The summed E-state index contributed by atoms with van der Waals surface area (Å²) in [7, 11) is 0. The van der Waals surface area contributed by atoms with Crippen molar-refractivity contribution in [3.8, 4) is 0 Å². The maximum Gasteiger partial charge on any atom is 0.323 e. The van der Waals surface area contributed by atoms with Crippen LogP contribution in [0.3, 0.4) is 0 Å². The van der Waals surface area contributed by atoms with Crippen LogP contribution in [0.1, 0.15) is 6.92 Å². The van der Waals surface area contributed by atoms with Crippen molar-refractivity contribution in [2.24, 2.45) is 0 Å². The number of carboxylic acids is 1. The number of carboxylic acid groups (broad SMARTS) is 1. The van der Waals surface area contributed by atoms with Gasteiger partial charge in [0.25, 0.3) is 0 Å². The highest BCUT2D eigenvalue weighted by Crippen LogP contribution is 2.07. The van der Waals surface area contributed by atoms with Gasteiger partial charge in [-0.1, -0.05) is 0 Å². The number of nitrogens with zero attached hydrogens (tertiary/aromatic N) is 4. The van der Waals surface area contributed by atoms with Gasteiger partial charge in [-0.15, -0.1) is 0 Å². The van der Waals surface area contributed by atoms with Crippen LogP contribution in [0.15, 0.2) is 12.4 Å². The molecule has 18 heavy (non-hydrogen) atoms. The molecule has 0 radical (unpaired) electrons. The summed E-state index contributed by atoms with van der Waals surface area (Å²) >= 11 is 0. The summed E-state index contributed by atoms with van der Waals surface area (Å²) in [5, 5.41) is 22.7. The Morgan fingerprint density at radius 2 is 2.28 bits per heavy atom. The van der Waals surface area contributed by atoms with Crippen LogP contribution in [0.2, 0.25) is 0 Å². The minimum Gasteiger partial charge on any atom is -0.480 e. The van der Waals surface area contributed by atoms with Gasteiger partial charge < -0.3 is 10.0 Å². The summed E-state index contributed by atoms with van der Waals surface area (Å²) in [4.78, 5) is 33.1. The number of amides is 1. The predicted molar refractivity (Wildman–Crippen MR) is 58.8 cm³/mol. The van der Waals surface area contributed by atoms with Gasteiger partial charge in [0.1, 0.15) is 25.5 Å². The molecule has 0 fully saturated rings. The van der Waals surface area contributed by atoms with Gasteiger partial charge in [-0.3, -0.25) is 24.4 Å². The predicted octanol–water partition coefficient (Wildman–Crippen LogP) is -0.276. The molecule has 1 heterocycles. The van der Waals surface area contributed by atoms with Gasteiger partial charge in [0.15, 0.2) is 0 Å². The van der Waals surface area contributed by atoms with Crippen LogP contribution in [0.4, 0.5) is 5.69 Å². The van der Waals surface area contributed by atoms with Gasteiger partial charge in [-0.05, 0) is 6.92 Å². The number of carbonyl (C=O) groups excluding carboxylic acids is 1. The Kier molecular flexibility index (Phi) is 4.35. The summed E-state index contributed by atoms with van der Waals surface area (Å²) in [6.45, 7) is 1.26.